The van der Waals surface area contributed by atoms with Gasteiger partial charge in [-0.05, 0) is 9.33 Å². The lowest BCUT2D eigenvalue weighted by Crippen LogP contribution is -2.20. The summed E-state index contributed by atoms with van der Waals surface area (Å²) < 4.78 is 96.2. The zero-order chi connectivity index (χ0) is 12.0. The molecule has 0 aromatic heterocycles. The highest BCUT2D eigenvalue weighted by Crippen LogP contribution is 2.84. The zero-order valence-corrected chi connectivity index (χ0v) is 8.89. The molecule has 0 aliphatic carbocycles. The van der Waals surface area contributed by atoms with Gasteiger partial charge in [0.1, 0.15) is 0 Å². The van der Waals surface area contributed by atoms with E-state index in [1.54, 1.807) is 4.52 Å². The molecule has 0 fully saturated rings. The normalized spacial score (nSPS) is 40.3. The summed E-state index contributed by atoms with van der Waals surface area (Å²) >= 11 is 0. The molecular weight excluding hydrogens is 299 g/mol. The summed E-state index contributed by atoms with van der Waals surface area (Å²) in [5.74, 6) is -5.89. The molecule has 0 saturated carbocycles. The molecule has 90 valence electrons. The van der Waals surface area contributed by atoms with E-state index in [1.165, 1.54) is 0 Å². The molecule has 3 unspecified atom stereocenters. The van der Waals surface area contributed by atoms with Crippen LogP contribution in [0.2, 0.25) is 0 Å². The van der Waals surface area contributed by atoms with Crippen molar-refractivity contribution in [3.05, 3.63) is 0 Å². The molecular formula is CF8N3P3. The number of halogens is 8. The van der Waals surface area contributed by atoms with Crippen LogP contribution in [0.15, 0.2) is 4.52 Å². The minimum absolute atomic E-state index is 1.49. The predicted octanol–water partition coefficient (Wildman–Crippen LogP) is 5.29. The van der Waals surface area contributed by atoms with Crippen molar-refractivity contribution in [2.45, 2.75) is 5.92 Å². The number of alkyl halides is 3. The molecule has 0 bridgehead atoms. The Labute approximate surface area is 80.1 Å². The van der Waals surface area contributed by atoms with Crippen molar-refractivity contribution < 1.29 is 34.7 Å². The smallest absolute Gasteiger partial charge is 0.184 e. The Morgan fingerprint density at radius 2 is 1.60 bits per heavy atom. The van der Waals surface area contributed by atoms with Crippen molar-refractivity contribution in [1.29, 1.82) is 0 Å². The minimum Gasteiger partial charge on any atom is -0.184 e. The number of nitrogens with zero attached hydrogens (tertiary/aromatic N) is 3. The summed E-state index contributed by atoms with van der Waals surface area (Å²) in [7, 11) is -15.1. The van der Waals surface area contributed by atoms with Gasteiger partial charge in [0.2, 0.25) is 0 Å². The van der Waals surface area contributed by atoms with E-state index in [2.05, 4.69) is 0 Å². The first kappa shape index (κ1) is 13.5. The minimum atomic E-state index is -6.47. The second-order valence-corrected chi connectivity index (χ2v) is 7.32. The Hall–Kier alpha value is 0.450. The molecule has 0 amide bonds. The molecule has 0 spiro atoms. The average Bonchev–Trinajstić information content (AvgIpc) is 2.10. The lowest BCUT2D eigenvalue weighted by atomic mass is 11.6. The lowest BCUT2D eigenvalue weighted by Gasteiger charge is -2.31. The van der Waals surface area contributed by atoms with Crippen LogP contribution in [-0.2, 0) is 0 Å². The SMILES string of the molecule is FN1P(F)N=P(F)(C(F)(F)F)N(F)P1F. The summed E-state index contributed by atoms with van der Waals surface area (Å²) in [6, 6.07) is 0. The van der Waals surface area contributed by atoms with Crippen LogP contribution in [0.1, 0.15) is 0 Å². The third-order valence-electron chi connectivity index (χ3n) is 1.14. The van der Waals surface area contributed by atoms with Crippen molar-refractivity contribution in [3.8, 4) is 0 Å². The Morgan fingerprint density at radius 1 is 1.13 bits per heavy atom. The largest absolute Gasteiger partial charge is 0.467 e. The molecule has 14 heteroatoms. The van der Waals surface area contributed by atoms with E-state index >= 15 is 0 Å². The summed E-state index contributed by atoms with van der Waals surface area (Å²) in [4.78, 5) is 0. The topological polar surface area (TPSA) is 18.8 Å². The van der Waals surface area contributed by atoms with Gasteiger partial charge in [0.15, 0.2) is 0 Å². The van der Waals surface area contributed by atoms with Crippen LogP contribution in [0, 0.1) is 0 Å². The molecule has 0 saturated heterocycles. The van der Waals surface area contributed by atoms with Gasteiger partial charge in [-0.15, -0.1) is 8.96 Å². The van der Waals surface area contributed by atoms with Gasteiger partial charge < -0.3 is 0 Å². The van der Waals surface area contributed by atoms with Gasteiger partial charge in [0.25, 0.3) is 0 Å². The fraction of sp³-hybridized carbons (Fsp3) is 1.00. The standard InChI is InChI=1S/CF8N3P3/c2-1(3,4)15(9)10-13(7)11(5)14(8)12(15)6. The molecule has 0 aromatic carbocycles. The van der Waals surface area contributed by atoms with E-state index < -0.39 is 39.8 Å². The third kappa shape index (κ3) is 2.13. The van der Waals surface area contributed by atoms with Gasteiger partial charge in [-0.1, -0.05) is 0 Å². The molecule has 1 heterocycles. The monoisotopic (exact) mass is 299 g/mol. The van der Waals surface area contributed by atoms with Gasteiger partial charge in [-0.25, -0.2) is 0 Å². The van der Waals surface area contributed by atoms with Crippen molar-refractivity contribution >= 4 is 24.6 Å². The van der Waals surface area contributed by atoms with Crippen molar-refractivity contribution in [3.63, 3.8) is 0 Å². The van der Waals surface area contributed by atoms with Crippen LogP contribution in [0.4, 0.5) is 34.7 Å². The van der Waals surface area contributed by atoms with E-state index in [9.17, 15) is 34.7 Å². The van der Waals surface area contributed by atoms with Gasteiger partial charge in [-0.2, -0.15) is 30.3 Å². The second-order valence-electron chi connectivity index (χ2n) is 2.04. The molecule has 1 aliphatic rings. The second kappa shape index (κ2) is 4.04. The van der Waals surface area contributed by atoms with Gasteiger partial charge in [0.05, 0.1) is 0 Å². The lowest BCUT2D eigenvalue weighted by molar-refractivity contribution is -0.0559. The average molecular weight is 299 g/mol. The summed E-state index contributed by atoms with van der Waals surface area (Å²) in [5.41, 5.74) is 0. The van der Waals surface area contributed by atoms with Crippen LogP contribution >= 0.6 is 24.6 Å². The molecule has 1 rings (SSSR count). The first-order valence-corrected chi connectivity index (χ1v) is 6.70. The Morgan fingerprint density at radius 3 is 2.00 bits per heavy atom. The van der Waals surface area contributed by atoms with Crippen LogP contribution < -0.4 is 0 Å². The highest BCUT2D eigenvalue weighted by Gasteiger charge is 2.63. The Kier molecular flexibility index (Phi) is 3.64. The molecule has 1 aliphatic heterocycles. The molecule has 0 N–H and O–H groups in total. The molecule has 15 heavy (non-hydrogen) atoms. The maximum absolute atomic E-state index is 12.9. The first-order valence-electron chi connectivity index (χ1n) is 2.84. The van der Waals surface area contributed by atoms with E-state index in [4.69, 9.17) is 0 Å². The summed E-state index contributed by atoms with van der Waals surface area (Å²) in [6.45, 7) is 0. The van der Waals surface area contributed by atoms with Gasteiger partial charge >= 0.3 is 30.5 Å². The number of hydrogen-bond acceptors (Lipinski definition) is 3. The summed E-state index contributed by atoms with van der Waals surface area (Å²) in [5, 5.41) is 0. The maximum atomic E-state index is 12.9. The zero-order valence-electron chi connectivity index (χ0n) is 6.21. The highest BCUT2D eigenvalue weighted by atomic mass is 31.3. The van der Waals surface area contributed by atoms with Gasteiger partial charge in [-0.3, -0.25) is 0 Å². The van der Waals surface area contributed by atoms with Crippen LogP contribution in [0.3, 0.4) is 0 Å². The van der Waals surface area contributed by atoms with E-state index in [1.807, 2.05) is 0 Å². The van der Waals surface area contributed by atoms with E-state index in [0.717, 1.165) is 0 Å². The maximum Gasteiger partial charge on any atom is 0.467 e. The molecule has 0 aromatic rings. The van der Waals surface area contributed by atoms with Gasteiger partial charge in [0, 0.05) is 0 Å². The number of rotatable bonds is 0. The fourth-order valence-electron chi connectivity index (χ4n) is 0.528. The van der Waals surface area contributed by atoms with Crippen LogP contribution in [0.5, 0.6) is 0 Å². The summed E-state index contributed by atoms with van der Waals surface area (Å²) in [6.07, 6.45) is 0. The van der Waals surface area contributed by atoms with Crippen molar-refractivity contribution in [2.24, 2.45) is 4.52 Å². The Bertz CT molecular complexity index is 302. The molecule has 3 atom stereocenters. The van der Waals surface area contributed by atoms with Crippen LogP contribution in [0.25, 0.3) is 0 Å². The van der Waals surface area contributed by atoms with E-state index in [0.29, 0.717) is 0 Å². The fourth-order valence-corrected chi connectivity index (χ4v) is 5.38. The highest BCUT2D eigenvalue weighted by molar-refractivity contribution is 7.79. The van der Waals surface area contributed by atoms with Crippen molar-refractivity contribution in [1.82, 2.24) is 9.33 Å². The quantitative estimate of drug-likeness (QED) is 0.344. The first-order chi connectivity index (χ1) is 6.61. The van der Waals surface area contributed by atoms with Crippen LogP contribution in [-0.4, -0.2) is 15.2 Å². The van der Waals surface area contributed by atoms with E-state index in [-0.39, 0.29) is 0 Å². The molecule has 0 radical (unpaired) electrons. The van der Waals surface area contributed by atoms with Crippen molar-refractivity contribution in [2.75, 3.05) is 0 Å². The predicted molar refractivity (Wildman–Crippen MR) is 38.5 cm³/mol. The Balaban J connectivity index is 3.24. The number of hydrogen-bond donors (Lipinski definition) is 0. The molecule has 3 nitrogen and oxygen atoms in total. The third-order valence-corrected chi connectivity index (χ3v) is 6.62.